The summed E-state index contributed by atoms with van der Waals surface area (Å²) in [5.74, 6) is -0.000471. The van der Waals surface area contributed by atoms with E-state index in [-0.39, 0.29) is 12.5 Å². The molecule has 1 aromatic rings. The monoisotopic (exact) mass is 268 g/mol. The fourth-order valence-corrected chi connectivity index (χ4v) is 2.16. The predicted molar refractivity (Wildman–Crippen MR) is 77.3 cm³/mol. The zero-order valence-corrected chi connectivity index (χ0v) is 12.0. The molecular weight excluding hydrogens is 248 g/mol. The molecule has 1 amide bonds. The minimum Gasteiger partial charge on any atom is -0.375 e. The lowest BCUT2D eigenvalue weighted by Crippen LogP contribution is -2.30. The molecule has 3 nitrogen and oxygen atoms in total. The van der Waals surface area contributed by atoms with Crippen LogP contribution in [0, 0.1) is 13.8 Å². The number of aryl methyl sites for hydroxylation is 2. The van der Waals surface area contributed by atoms with Crippen LogP contribution in [0.4, 0.5) is 5.69 Å². The summed E-state index contributed by atoms with van der Waals surface area (Å²) in [7, 11) is 0. The number of nitrogens with one attached hydrogen (secondary N) is 2. The Kier molecular flexibility index (Phi) is 5.99. The van der Waals surface area contributed by atoms with E-state index in [0.717, 1.165) is 36.2 Å². The molecule has 0 fully saturated rings. The average Bonchev–Trinajstić information content (AvgIpc) is 2.27. The summed E-state index contributed by atoms with van der Waals surface area (Å²) >= 11 is 6.15. The number of amides is 1. The number of halogens is 1. The first-order valence-corrected chi connectivity index (χ1v) is 6.69. The van der Waals surface area contributed by atoms with Gasteiger partial charge in [-0.1, -0.05) is 31.0 Å². The van der Waals surface area contributed by atoms with Crippen molar-refractivity contribution >= 4 is 23.2 Å². The molecule has 0 aromatic heterocycles. The molecule has 2 N–H and O–H groups in total. The third kappa shape index (κ3) is 4.57. The summed E-state index contributed by atoms with van der Waals surface area (Å²) in [4.78, 5) is 11.6. The average molecular weight is 269 g/mol. The van der Waals surface area contributed by atoms with Crippen LogP contribution in [-0.4, -0.2) is 19.0 Å². The number of anilines is 1. The van der Waals surface area contributed by atoms with Crippen molar-refractivity contribution < 1.29 is 4.79 Å². The molecule has 0 spiro atoms. The van der Waals surface area contributed by atoms with Gasteiger partial charge in [-0.3, -0.25) is 4.79 Å². The Balaban J connectivity index is 2.51. The van der Waals surface area contributed by atoms with Crippen LogP contribution in [0.15, 0.2) is 12.1 Å². The van der Waals surface area contributed by atoms with Crippen LogP contribution >= 0.6 is 11.6 Å². The summed E-state index contributed by atoms with van der Waals surface area (Å²) in [5, 5.41) is 6.61. The third-order valence-electron chi connectivity index (χ3n) is 2.71. The fraction of sp³-hybridized carbons (Fsp3) is 0.500. The summed E-state index contributed by atoms with van der Waals surface area (Å²) in [6, 6.07) is 3.94. The van der Waals surface area contributed by atoms with E-state index in [1.807, 2.05) is 26.0 Å². The van der Waals surface area contributed by atoms with Crippen molar-refractivity contribution in [2.75, 3.05) is 18.4 Å². The smallest absolute Gasteiger partial charge is 0.239 e. The van der Waals surface area contributed by atoms with Crippen LogP contribution < -0.4 is 10.6 Å². The lowest BCUT2D eigenvalue weighted by atomic mass is 10.1. The normalized spacial score (nSPS) is 10.2. The van der Waals surface area contributed by atoms with Crippen LogP contribution in [0.2, 0.25) is 5.02 Å². The summed E-state index contributed by atoms with van der Waals surface area (Å²) in [5.41, 5.74) is 3.02. The highest BCUT2D eigenvalue weighted by Gasteiger charge is 2.07. The van der Waals surface area contributed by atoms with E-state index >= 15 is 0 Å². The highest BCUT2D eigenvalue weighted by Crippen LogP contribution is 2.26. The lowest BCUT2D eigenvalue weighted by molar-refractivity contribution is -0.119. The molecule has 100 valence electrons. The van der Waals surface area contributed by atoms with Gasteiger partial charge in [0.2, 0.25) is 5.91 Å². The molecule has 0 radical (unpaired) electrons. The Labute approximate surface area is 114 Å². The van der Waals surface area contributed by atoms with Crippen LogP contribution in [-0.2, 0) is 4.79 Å². The SMILES string of the molecule is CCCCNC(=O)CNc1c(C)cc(C)cc1Cl. The van der Waals surface area contributed by atoms with Gasteiger partial charge < -0.3 is 10.6 Å². The van der Waals surface area contributed by atoms with Crippen molar-refractivity contribution in [1.29, 1.82) is 0 Å². The molecule has 4 heteroatoms. The first-order valence-electron chi connectivity index (χ1n) is 6.32. The Morgan fingerprint density at radius 1 is 1.33 bits per heavy atom. The number of benzene rings is 1. The van der Waals surface area contributed by atoms with Gasteiger partial charge >= 0.3 is 0 Å². The molecule has 1 aromatic carbocycles. The zero-order chi connectivity index (χ0) is 13.5. The molecule has 0 saturated heterocycles. The van der Waals surface area contributed by atoms with E-state index in [2.05, 4.69) is 17.6 Å². The Hall–Kier alpha value is -1.22. The second kappa shape index (κ2) is 7.27. The minimum absolute atomic E-state index is 0.000471. The van der Waals surface area contributed by atoms with Crippen molar-refractivity contribution in [2.24, 2.45) is 0 Å². The first-order chi connectivity index (χ1) is 8.54. The largest absolute Gasteiger partial charge is 0.375 e. The Bertz CT molecular complexity index is 395. The second-order valence-corrected chi connectivity index (χ2v) is 4.90. The predicted octanol–water partition coefficient (Wildman–Crippen LogP) is 3.29. The van der Waals surface area contributed by atoms with E-state index in [0.29, 0.717) is 5.02 Å². The topological polar surface area (TPSA) is 41.1 Å². The van der Waals surface area contributed by atoms with Gasteiger partial charge in [0.15, 0.2) is 0 Å². The molecular formula is C14H21ClN2O. The van der Waals surface area contributed by atoms with Crippen molar-refractivity contribution in [3.05, 3.63) is 28.3 Å². The molecule has 0 bridgehead atoms. The van der Waals surface area contributed by atoms with Crippen molar-refractivity contribution in [2.45, 2.75) is 33.6 Å². The fourth-order valence-electron chi connectivity index (χ4n) is 1.78. The number of hydrogen-bond acceptors (Lipinski definition) is 2. The van der Waals surface area contributed by atoms with Gasteiger partial charge in [0.05, 0.1) is 17.3 Å². The molecule has 0 aliphatic heterocycles. The first kappa shape index (κ1) is 14.8. The maximum Gasteiger partial charge on any atom is 0.239 e. The van der Waals surface area contributed by atoms with Gasteiger partial charge in [0.1, 0.15) is 0 Å². The van der Waals surface area contributed by atoms with Crippen LogP contribution in [0.1, 0.15) is 30.9 Å². The quantitative estimate of drug-likeness (QED) is 0.778. The minimum atomic E-state index is -0.000471. The summed E-state index contributed by atoms with van der Waals surface area (Å²) < 4.78 is 0. The van der Waals surface area contributed by atoms with Gasteiger partial charge in [-0.2, -0.15) is 0 Å². The summed E-state index contributed by atoms with van der Waals surface area (Å²) in [6.45, 7) is 7.07. The maximum atomic E-state index is 11.6. The third-order valence-corrected chi connectivity index (χ3v) is 3.01. The number of rotatable bonds is 6. The van der Waals surface area contributed by atoms with E-state index in [9.17, 15) is 4.79 Å². The standard InChI is InChI=1S/C14H21ClN2O/c1-4-5-6-16-13(18)9-17-14-11(3)7-10(2)8-12(14)15/h7-8,17H,4-6,9H2,1-3H3,(H,16,18). The van der Waals surface area contributed by atoms with Gasteiger partial charge in [-0.05, 0) is 37.5 Å². The number of hydrogen-bond donors (Lipinski definition) is 2. The number of carbonyl (C=O) groups excluding carboxylic acids is 1. The lowest BCUT2D eigenvalue weighted by Gasteiger charge is -2.12. The molecule has 0 heterocycles. The molecule has 0 aliphatic rings. The van der Waals surface area contributed by atoms with Gasteiger partial charge in [-0.15, -0.1) is 0 Å². The second-order valence-electron chi connectivity index (χ2n) is 4.50. The van der Waals surface area contributed by atoms with Crippen LogP contribution in [0.25, 0.3) is 0 Å². The van der Waals surface area contributed by atoms with Crippen molar-refractivity contribution in [3.63, 3.8) is 0 Å². The van der Waals surface area contributed by atoms with Crippen LogP contribution in [0.5, 0.6) is 0 Å². The zero-order valence-electron chi connectivity index (χ0n) is 11.3. The Morgan fingerprint density at radius 3 is 2.67 bits per heavy atom. The molecule has 0 saturated carbocycles. The van der Waals surface area contributed by atoms with Crippen molar-refractivity contribution in [1.82, 2.24) is 5.32 Å². The highest BCUT2D eigenvalue weighted by molar-refractivity contribution is 6.33. The molecule has 0 unspecified atom stereocenters. The van der Waals surface area contributed by atoms with E-state index in [1.54, 1.807) is 0 Å². The number of carbonyl (C=O) groups is 1. The maximum absolute atomic E-state index is 11.6. The van der Waals surface area contributed by atoms with Gasteiger partial charge in [0, 0.05) is 6.54 Å². The summed E-state index contributed by atoms with van der Waals surface area (Å²) in [6.07, 6.45) is 2.09. The van der Waals surface area contributed by atoms with Gasteiger partial charge in [0.25, 0.3) is 0 Å². The van der Waals surface area contributed by atoms with E-state index in [1.165, 1.54) is 0 Å². The molecule has 0 aliphatic carbocycles. The van der Waals surface area contributed by atoms with Crippen LogP contribution in [0.3, 0.4) is 0 Å². The van der Waals surface area contributed by atoms with Gasteiger partial charge in [-0.25, -0.2) is 0 Å². The molecule has 18 heavy (non-hydrogen) atoms. The highest BCUT2D eigenvalue weighted by atomic mass is 35.5. The van der Waals surface area contributed by atoms with E-state index in [4.69, 9.17) is 11.6 Å². The number of unbranched alkanes of at least 4 members (excludes halogenated alkanes) is 1. The van der Waals surface area contributed by atoms with Crippen molar-refractivity contribution in [3.8, 4) is 0 Å². The molecule has 0 atom stereocenters. The molecule has 1 rings (SSSR count). The van der Waals surface area contributed by atoms with E-state index < -0.39 is 0 Å². The Morgan fingerprint density at radius 2 is 2.06 bits per heavy atom.